The third-order valence-corrected chi connectivity index (χ3v) is 2.62. The van der Waals surface area contributed by atoms with Crippen molar-refractivity contribution in [2.75, 3.05) is 6.61 Å². The van der Waals surface area contributed by atoms with Gasteiger partial charge in [0.15, 0.2) is 5.82 Å². The molecule has 1 aromatic heterocycles. The predicted molar refractivity (Wildman–Crippen MR) is 54.9 cm³/mol. The number of hydrogen-bond acceptors (Lipinski definition) is 3. The number of hydrogen-bond donors (Lipinski definition) is 1. The molecule has 0 saturated heterocycles. The molecule has 82 valence electrons. The Hall–Kier alpha value is -1.16. The number of aromatic nitrogens is 1. The quantitative estimate of drug-likeness (QED) is 0.807. The molecule has 1 heterocycles. The molecule has 1 aliphatic carbocycles. The van der Waals surface area contributed by atoms with Gasteiger partial charge in [0.1, 0.15) is 0 Å². The maximum atomic E-state index is 13.5. The number of nitrogens with two attached hydrogens (primary N) is 1. The van der Waals surface area contributed by atoms with Crippen LogP contribution in [0.4, 0.5) is 4.39 Å². The molecule has 2 rings (SSSR count). The predicted octanol–water partition coefficient (Wildman–Crippen LogP) is 1.86. The zero-order valence-corrected chi connectivity index (χ0v) is 8.58. The van der Waals surface area contributed by atoms with Crippen molar-refractivity contribution in [3.05, 3.63) is 23.6 Å². The molecule has 0 radical (unpaired) electrons. The van der Waals surface area contributed by atoms with Crippen LogP contribution in [0.2, 0.25) is 0 Å². The monoisotopic (exact) mass is 210 g/mol. The first-order valence-corrected chi connectivity index (χ1v) is 5.27. The minimum atomic E-state index is -0.421. The van der Waals surface area contributed by atoms with Crippen LogP contribution in [0.5, 0.6) is 5.88 Å². The molecule has 0 spiro atoms. The maximum absolute atomic E-state index is 13.5. The Kier molecular flexibility index (Phi) is 3.16. The summed E-state index contributed by atoms with van der Waals surface area (Å²) in [7, 11) is 0. The molecule has 0 unspecified atom stereocenters. The van der Waals surface area contributed by atoms with E-state index in [4.69, 9.17) is 10.5 Å². The van der Waals surface area contributed by atoms with Crippen LogP contribution in [0, 0.1) is 11.7 Å². The van der Waals surface area contributed by atoms with Gasteiger partial charge in [0.05, 0.1) is 6.61 Å². The van der Waals surface area contributed by atoms with E-state index >= 15 is 0 Å². The van der Waals surface area contributed by atoms with Gasteiger partial charge in [-0.05, 0) is 18.4 Å². The number of ether oxygens (including phenoxy) is 1. The number of nitrogens with zero attached hydrogens (tertiary/aromatic N) is 1. The normalized spacial score (nSPS) is 15.3. The van der Waals surface area contributed by atoms with Crippen molar-refractivity contribution in [1.29, 1.82) is 0 Å². The molecule has 4 heteroatoms. The standard InChI is InChI=1S/C11H15FN2O/c12-10-9(7-13)3-5-14-11(10)15-6-4-8-1-2-8/h3,5,8H,1-2,4,6-7,13H2. The summed E-state index contributed by atoms with van der Waals surface area (Å²) in [5.74, 6) is 0.445. The van der Waals surface area contributed by atoms with Crippen molar-refractivity contribution in [1.82, 2.24) is 4.98 Å². The number of pyridine rings is 1. The topological polar surface area (TPSA) is 48.1 Å². The molecule has 15 heavy (non-hydrogen) atoms. The summed E-state index contributed by atoms with van der Waals surface area (Å²) < 4.78 is 18.8. The average molecular weight is 210 g/mol. The first-order valence-electron chi connectivity index (χ1n) is 5.27. The number of halogens is 1. The van der Waals surface area contributed by atoms with Crippen molar-refractivity contribution in [3.8, 4) is 5.88 Å². The van der Waals surface area contributed by atoms with Crippen molar-refractivity contribution in [2.45, 2.75) is 25.8 Å². The molecule has 0 bridgehead atoms. The lowest BCUT2D eigenvalue weighted by atomic mass is 10.2. The van der Waals surface area contributed by atoms with Gasteiger partial charge in [-0.1, -0.05) is 12.8 Å². The van der Waals surface area contributed by atoms with Crippen LogP contribution in [0.25, 0.3) is 0 Å². The van der Waals surface area contributed by atoms with Gasteiger partial charge in [0.2, 0.25) is 0 Å². The Bertz CT molecular complexity index is 339. The molecule has 0 atom stereocenters. The fraction of sp³-hybridized carbons (Fsp3) is 0.545. The van der Waals surface area contributed by atoms with E-state index in [1.165, 1.54) is 19.0 Å². The van der Waals surface area contributed by atoms with E-state index < -0.39 is 5.82 Å². The molecule has 1 aromatic rings. The average Bonchev–Trinajstić information content (AvgIpc) is 3.04. The highest BCUT2D eigenvalue weighted by Crippen LogP contribution is 2.32. The third-order valence-electron chi connectivity index (χ3n) is 2.62. The van der Waals surface area contributed by atoms with E-state index in [1.54, 1.807) is 6.07 Å². The van der Waals surface area contributed by atoms with Gasteiger partial charge in [-0.25, -0.2) is 9.37 Å². The smallest absolute Gasteiger partial charge is 0.250 e. The van der Waals surface area contributed by atoms with Crippen LogP contribution in [0.15, 0.2) is 12.3 Å². The van der Waals surface area contributed by atoms with E-state index in [0.717, 1.165) is 12.3 Å². The van der Waals surface area contributed by atoms with Crippen molar-refractivity contribution in [3.63, 3.8) is 0 Å². The zero-order chi connectivity index (χ0) is 10.7. The van der Waals surface area contributed by atoms with Crippen LogP contribution in [0.1, 0.15) is 24.8 Å². The van der Waals surface area contributed by atoms with Crippen molar-refractivity contribution < 1.29 is 9.13 Å². The summed E-state index contributed by atoms with van der Waals surface area (Å²) in [5, 5.41) is 0. The van der Waals surface area contributed by atoms with Crippen molar-refractivity contribution >= 4 is 0 Å². The second kappa shape index (κ2) is 4.57. The van der Waals surface area contributed by atoms with Crippen LogP contribution < -0.4 is 10.5 Å². The molecule has 3 nitrogen and oxygen atoms in total. The zero-order valence-electron chi connectivity index (χ0n) is 8.58. The largest absolute Gasteiger partial charge is 0.476 e. The highest BCUT2D eigenvalue weighted by molar-refractivity contribution is 5.23. The van der Waals surface area contributed by atoms with Gasteiger partial charge in [-0.2, -0.15) is 0 Å². The first kappa shape index (κ1) is 10.4. The van der Waals surface area contributed by atoms with Crippen LogP contribution >= 0.6 is 0 Å². The minimum absolute atomic E-state index is 0.0820. The van der Waals surface area contributed by atoms with Crippen molar-refractivity contribution in [2.24, 2.45) is 11.7 Å². The fourth-order valence-corrected chi connectivity index (χ4v) is 1.45. The van der Waals surface area contributed by atoms with Gasteiger partial charge in [-0.3, -0.25) is 0 Å². The molecule has 1 aliphatic rings. The fourth-order valence-electron chi connectivity index (χ4n) is 1.45. The molecule has 1 fully saturated rings. The molecule has 0 aliphatic heterocycles. The molecular formula is C11H15FN2O. The lowest BCUT2D eigenvalue weighted by Crippen LogP contribution is -2.06. The Balaban J connectivity index is 1.93. The highest BCUT2D eigenvalue weighted by Gasteiger charge is 2.21. The van der Waals surface area contributed by atoms with Gasteiger partial charge in [0.25, 0.3) is 5.88 Å². The second-order valence-electron chi connectivity index (χ2n) is 3.87. The summed E-state index contributed by atoms with van der Waals surface area (Å²) in [6.45, 7) is 0.718. The summed E-state index contributed by atoms with van der Waals surface area (Å²) in [4.78, 5) is 3.85. The van der Waals surface area contributed by atoms with Crippen LogP contribution in [0.3, 0.4) is 0 Å². The Morgan fingerprint density at radius 2 is 2.33 bits per heavy atom. The minimum Gasteiger partial charge on any atom is -0.476 e. The van der Waals surface area contributed by atoms with Gasteiger partial charge in [0, 0.05) is 18.3 Å². The first-order chi connectivity index (χ1) is 7.31. The SMILES string of the molecule is NCc1ccnc(OCCC2CC2)c1F. The van der Waals surface area contributed by atoms with E-state index in [-0.39, 0.29) is 12.4 Å². The van der Waals surface area contributed by atoms with Crippen LogP contribution in [-0.4, -0.2) is 11.6 Å². The second-order valence-corrected chi connectivity index (χ2v) is 3.87. The van der Waals surface area contributed by atoms with Gasteiger partial charge < -0.3 is 10.5 Å². The summed E-state index contributed by atoms with van der Waals surface area (Å²) in [5.41, 5.74) is 5.83. The molecule has 1 saturated carbocycles. The molecule has 0 amide bonds. The van der Waals surface area contributed by atoms with Gasteiger partial charge >= 0.3 is 0 Å². The summed E-state index contributed by atoms with van der Waals surface area (Å²) in [6, 6.07) is 1.57. The summed E-state index contributed by atoms with van der Waals surface area (Å²) >= 11 is 0. The Labute approximate surface area is 88.5 Å². The number of rotatable bonds is 5. The molecular weight excluding hydrogens is 195 g/mol. The van der Waals surface area contributed by atoms with E-state index in [2.05, 4.69) is 4.98 Å². The lowest BCUT2D eigenvalue weighted by Gasteiger charge is -2.07. The Morgan fingerprint density at radius 1 is 1.53 bits per heavy atom. The van der Waals surface area contributed by atoms with Gasteiger partial charge in [-0.15, -0.1) is 0 Å². The van der Waals surface area contributed by atoms with E-state index in [0.29, 0.717) is 12.2 Å². The third kappa shape index (κ3) is 2.65. The maximum Gasteiger partial charge on any atom is 0.250 e. The summed E-state index contributed by atoms with van der Waals surface area (Å²) in [6.07, 6.45) is 5.08. The molecule has 2 N–H and O–H groups in total. The van der Waals surface area contributed by atoms with E-state index in [1.807, 2.05) is 0 Å². The van der Waals surface area contributed by atoms with Crippen LogP contribution in [-0.2, 0) is 6.54 Å². The molecule has 0 aromatic carbocycles. The highest BCUT2D eigenvalue weighted by atomic mass is 19.1. The Morgan fingerprint density at radius 3 is 3.00 bits per heavy atom. The van der Waals surface area contributed by atoms with E-state index in [9.17, 15) is 4.39 Å². The lowest BCUT2D eigenvalue weighted by molar-refractivity contribution is 0.275.